The van der Waals surface area contributed by atoms with Crippen LogP contribution in [0.3, 0.4) is 0 Å². The first-order valence-corrected chi connectivity index (χ1v) is 6.59. The average Bonchev–Trinajstić information content (AvgIpc) is 2.42. The van der Waals surface area contributed by atoms with E-state index in [9.17, 15) is 4.79 Å². The van der Waals surface area contributed by atoms with E-state index in [0.29, 0.717) is 12.5 Å². The second kappa shape index (κ2) is 8.21. The van der Waals surface area contributed by atoms with Gasteiger partial charge in [0.15, 0.2) is 0 Å². The molecule has 0 saturated carbocycles. The van der Waals surface area contributed by atoms with Crippen LogP contribution in [0.25, 0.3) is 0 Å². The minimum atomic E-state index is -0.402. The van der Waals surface area contributed by atoms with Crippen LogP contribution < -0.4 is 10.6 Å². The minimum absolute atomic E-state index is 0.0115. The number of aromatic nitrogens is 2. The monoisotopic (exact) mass is 323 g/mol. The van der Waals surface area contributed by atoms with Gasteiger partial charge in [0.2, 0.25) is 5.95 Å². The summed E-state index contributed by atoms with van der Waals surface area (Å²) in [5.74, 6) is -0.0853. The van der Waals surface area contributed by atoms with Gasteiger partial charge in [0.1, 0.15) is 11.6 Å². The Morgan fingerprint density at radius 1 is 1.53 bits per heavy atom. The number of carbonyl (C=O) groups is 1. The third-order valence-corrected chi connectivity index (χ3v) is 2.56. The fourth-order valence-electron chi connectivity index (χ4n) is 1.15. The van der Waals surface area contributed by atoms with Crippen LogP contribution >= 0.6 is 15.9 Å². The van der Waals surface area contributed by atoms with Crippen LogP contribution in [0, 0.1) is 11.3 Å². The van der Waals surface area contributed by atoms with Gasteiger partial charge in [-0.15, -0.1) is 0 Å². The molecule has 0 radical (unpaired) electrons. The van der Waals surface area contributed by atoms with Crippen LogP contribution in [-0.4, -0.2) is 22.4 Å². The average molecular weight is 324 g/mol. The van der Waals surface area contributed by atoms with Crippen molar-refractivity contribution in [3.63, 3.8) is 0 Å². The molecule has 1 amide bonds. The van der Waals surface area contributed by atoms with Crippen LogP contribution in [0.1, 0.15) is 19.8 Å². The molecule has 0 fully saturated rings. The van der Waals surface area contributed by atoms with Crippen molar-refractivity contribution >= 4 is 27.8 Å². The Bertz CT molecular complexity index is 492. The predicted molar refractivity (Wildman–Crippen MR) is 75.0 cm³/mol. The van der Waals surface area contributed by atoms with E-state index in [0.717, 1.165) is 17.3 Å². The van der Waals surface area contributed by atoms with E-state index in [4.69, 9.17) is 5.26 Å². The number of hydrogen-bond acceptors (Lipinski definition) is 5. The lowest BCUT2D eigenvalue weighted by molar-refractivity contribution is -0.117. The van der Waals surface area contributed by atoms with Crippen molar-refractivity contribution in [1.29, 1.82) is 5.26 Å². The summed E-state index contributed by atoms with van der Waals surface area (Å²) >= 11 is 3.21. The number of hydrogen-bond donors (Lipinski definition) is 2. The van der Waals surface area contributed by atoms with Crippen molar-refractivity contribution in [3.05, 3.63) is 28.6 Å². The van der Waals surface area contributed by atoms with Gasteiger partial charge < -0.3 is 10.6 Å². The van der Waals surface area contributed by atoms with E-state index in [1.165, 1.54) is 6.20 Å². The number of nitrogens with zero attached hydrogens (tertiary/aromatic N) is 3. The normalized spacial score (nSPS) is 10.7. The van der Waals surface area contributed by atoms with Crippen molar-refractivity contribution in [2.45, 2.75) is 19.8 Å². The first-order valence-electron chi connectivity index (χ1n) is 5.80. The van der Waals surface area contributed by atoms with Gasteiger partial charge in [0.05, 0.1) is 4.47 Å². The van der Waals surface area contributed by atoms with Crippen molar-refractivity contribution in [1.82, 2.24) is 15.3 Å². The molecule has 0 aliphatic carbocycles. The first kappa shape index (κ1) is 15.1. The summed E-state index contributed by atoms with van der Waals surface area (Å²) in [6.45, 7) is 2.59. The molecule has 0 aliphatic rings. The molecule has 2 N–H and O–H groups in total. The highest BCUT2D eigenvalue weighted by atomic mass is 79.9. The summed E-state index contributed by atoms with van der Waals surface area (Å²) in [5.41, 5.74) is -0.0115. The zero-order valence-electron chi connectivity index (χ0n) is 10.5. The van der Waals surface area contributed by atoms with Gasteiger partial charge in [-0.05, 0) is 22.4 Å². The van der Waals surface area contributed by atoms with Crippen molar-refractivity contribution < 1.29 is 4.79 Å². The van der Waals surface area contributed by atoms with E-state index >= 15 is 0 Å². The summed E-state index contributed by atoms with van der Waals surface area (Å²) in [4.78, 5) is 19.6. The molecule has 0 bridgehead atoms. The van der Waals surface area contributed by atoms with Gasteiger partial charge >= 0.3 is 0 Å². The molecule has 0 spiro atoms. The van der Waals surface area contributed by atoms with Crippen LogP contribution in [0.4, 0.5) is 5.95 Å². The molecule has 0 atom stereocenters. The number of carbonyl (C=O) groups excluding carboxylic acids is 1. The molecular formula is C12H14BrN5O. The second-order valence-corrected chi connectivity index (χ2v) is 4.56. The molecule has 1 heterocycles. The van der Waals surface area contributed by atoms with Gasteiger partial charge in [-0.2, -0.15) is 5.26 Å². The molecule has 1 rings (SSSR count). The Morgan fingerprint density at radius 2 is 2.21 bits per heavy atom. The maximum absolute atomic E-state index is 11.6. The van der Waals surface area contributed by atoms with Gasteiger partial charge in [-0.25, -0.2) is 9.97 Å². The maximum atomic E-state index is 11.6. The van der Waals surface area contributed by atoms with Crippen molar-refractivity contribution in [3.8, 4) is 6.07 Å². The molecule has 0 aliphatic heterocycles. The topological polar surface area (TPSA) is 90.7 Å². The standard InChI is InChI=1S/C12H14BrN5O/c1-2-3-4-15-11(19)9(5-14)6-16-12-17-7-10(13)8-18-12/h6-8H,2-4H2,1H3,(H,15,19)(H,16,17,18)/b9-6-. The molecule has 7 heteroatoms. The Balaban J connectivity index is 2.59. The Kier molecular flexibility index (Phi) is 6.53. The lowest BCUT2D eigenvalue weighted by Crippen LogP contribution is -2.25. The van der Waals surface area contributed by atoms with Crippen LogP contribution in [0.15, 0.2) is 28.6 Å². The Morgan fingerprint density at radius 3 is 2.79 bits per heavy atom. The molecule has 0 saturated heterocycles. The number of anilines is 1. The number of halogens is 1. The van der Waals surface area contributed by atoms with E-state index in [1.54, 1.807) is 12.4 Å². The summed E-state index contributed by atoms with van der Waals surface area (Å²) in [5, 5.41) is 14.3. The number of unbranched alkanes of at least 4 members (excludes halogenated alkanes) is 1. The third-order valence-electron chi connectivity index (χ3n) is 2.15. The zero-order valence-corrected chi connectivity index (χ0v) is 12.1. The number of nitriles is 1. The van der Waals surface area contributed by atoms with E-state index in [1.807, 2.05) is 13.0 Å². The summed E-state index contributed by atoms with van der Waals surface area (Å²) < 4.78 is 0.750. The smallest absolute Gasteiger partial charge is 0.263 e. The van der Waals surface area contributed by atoms with E-state index < -0.39 is 5.91 Å². The molecule has 6 nitrogen and oxygen atoms in total. The van der Waals surface area contributed by atoms with Gasteiger partial charge in [-0.3, -0.25) is 4.79 Å². The van der Waals surface area contributed by atoms with Crippen LogP contribution in [0.5, 0.6) is 0 Å². The molecule has 1 aromatic heterocycles. The molecule has 1 aromatic rings. The highest BCUT2D eigenvalue weighted by Crippen LogP contribution is 2.07. The van der Waals surface area contributed by atoms with Crippen molar-refractivity contribution in [2.24, 2.45) is 0 Å². The van der Waals surface area contributed by atoms with E-state index in [-0.39, 0.29) is 5.57 Å². The van der Waals surface area contributed by atoms with Crippen molar-refractivity contribution in [2.75, 3.05) is 11.9 Å². The van der Waals surface area contributed by atoms with Gasteiger partial charge in [0.25, 0.3) is 5.91 Å². The quantitative estimate of drug-likeness (QED) is 0.474. The largest absolute Gasteiger partial charge is 0.351 e. The first-order chi connectivity index (χ1) is 9.17. The zero-order chi connectivity index (χ0) is 14.1. The minimum Gasteiger partial charge on any atom is -0.351 e. The Labute approximate surface area is 120 Å². The number of amides is 1. The second-order valence-electron chi connectivity index (χ2n) is 3.65. The third kappa shape index (κ3) is 5.48. The lowest BCUT2D eigenvalue weighted by atomic mass is 10.3. The molecule has 0 unspecified atom stereocenters. The van der Waals surface area contributed by atoms with Crippen LogP contribution in [-0.2, 0) is 4.79 Å². The Hall–Kier alpha value is -1.94. The van der Waals surface area contributed by atoms with E-state index in [2.05, 4.69) is 36.5 Å². The van der Waals surface area contributed by atoms with Crippen LogP contribution in [0.2, 0.25) is 0 Å². The molecular weight excluding hydrogens is 310 g/mol. The number of nitrogens with one attached hydrogen (secondary N) is 2. The van der Waals surface area contributed by atoms with Gasteiger partial charge in [0, 0.05) is 25.1 Å². The molecule has 19 heavy (non-hydrogen) atoms. The summed E-state index contributed by atoms with van der Waals surface area (Å²) in [6, 6.07) is 1.83. The van der Waals surface area contributed by atoms with Gasteiger partial charge in [-0.1, -0.05) is 13.3 Å². The molecule has 0 aromatic carbocycles. The maximum Gasteiger partial charge on any atom is 0.263 e. The highest BCUT2D eigenvalue weighted by Gasteiger charge is 2.07. The summed E-state index contributed by atoms with van der Waals surface area (Å²) in [6.07, 6.45) is 6.29. The lowest BCUT2D eigenvalue weighted by Gasteiger charge is -2.03. The fraction of sp³-hybridized carbons (Fsp3) is 0.333. The SMILES string of the molecule is CCCCNC(=O)/C(C#N)=C\Nc1ncc(Br)cn1. The summed E-state index contributed by atoms with van der Waals surface area (Å²) in [7, 11) is 0. The molecule has 100 valence electrons. The predicted octanol–water partition coefficient (Wildman–Crippen LogP) is 1.97. The highest BCUT2D eigenvalue weighted by molar-refractivity contribution is 9.10. The number of rotatable bonds is 6. The fourth-order valence-corrected chi connectivity index (χ4v) is 1.35.